The number of rotatable bonds is 14. The smallest absolute Gasteiger partial charge is 0.309 e. The van der Waals surface area contributed by atoms with E-state index in [1.54, 1.807) is 0 Å². The van der Waals surface area contributed by atoms with E-state index in [0.717, 1.165) is 32.1 Å². The minimum Gasteiger partial charge on any atom is -0.481 e. The Kier molecular flexibility index (Phi) is 13.6. The molecule has 5 heterocycles. The molecule has 2 spiro atoms. The summed E-state index contributed by atoms with van der Waals surface area (Å²) in [6.45, 7) is 22.2. The minimum absolute atomic E-state index is 0.0200. The van der Waals surface area contributed by atoms with E-state index in [2.05, 4.69) is 45.2 Å². The van der Waals surface area contributed by atoms with Crippen LogP contribution in [0.1, 0.15) is 147 Å². The normalized spacial score (nSPS) is 46.4. The molecule has 5 fully saturated rings. The number of hydrogen-bond acceptors (Lipinski definition) is 10. The average Bonchev–Trinajstić information content (AvgIpc) is 3.93. The number of nitrogens with one attached hydrogen (secondary N) is 1. The van der Waals surface area contributed by atoms with Gasteiger partial charge in [-0.25, -0.2) is 0 Å². The summed E-state index contributed by atoms with van der Waals surface area (Å²) in [4.78, 5) is 26.8. The quantitative estimate of drug-likeness (QED) is 0.132. The first-order chi connectivity index (χ1) is 26.8. The van der Waals surface area contributed by atoms with Crippen molar-refractivity contribution in [2.75, 3.05) is 0 Å². The van der Waals surface area contributed by atoms with Crippen LogP contribution < -0.4 is 5.32 Å². The van der Waals surface area contributed by atoms with Crippen molar-refractivity contribution in [1.82, 2.24) is 5.32 Å². The van der Waals surface area contributed by atoms with Crippen molar-refractivity contribution in [1.29, 1.82) is 0 Å². The molecule has 11 heteroatoms. The van der Waals surface area contributed by atoms with Crippen molar-refractivity contribution in [3.05, 3.63) is 12.2 Å². The Morgan fingerprint density at radius 2 is 1.49 bits per heavy atom. The molecule has 4 saturated heterocycles. The third kappa shape index (κ3) is 8.58. The van der Waals surface area contributed by atoms with Gasteiger partial charge in [-0.15, -0.1) is 0 Å². The minimum atomic E-state index is -1.12. The van der Waals surface area contributed by atoms with Crippen molar-refractivity contribution in [2.24, 2.45) is 47.3 Å². The molecule has 0 bridgehead atoms. The molecule has 1 saturated carbocycles. The molecule has 1 aliphatic carbocycles. The lowest BCUT2D eigenvalue weighted by molar-refractivity contribution is -0.398. The highest BCUT2D eigenvalue weighted by atomic mass is 16.8. The van der Waals surface area contributed by atoms with E-state index in [0.29, 0.717) is 44.6 Å². The maximum atomic E-state index is 14.6. The molecule has 6 rings (SSSR count). The third-order valence-electron chi connectivity index (χ3n) is 15.8. The first kappa shape index (κ1) is 45.1. The molecule has 0 aromatic heterocycles. The van der Waals surface area contributed by atoms with Crippen LogP contribution in [0.3, 0.4) is 0 Å². The molecule has 0 aromatic rings. The first-order valence-corrected chi connectivity index (χ1v) is 22.8. The van der Waals surface area contributed by atoms with Crippen LogP contribution in [0.2, 0.25) is 0 Å². The Labute approximate surface area is 342 Å². The van der Waals surface area contributed by atoms with Gasteiger partial charge in [-0.1, -0.05) is 68.4 Å². The fraction of sp³-hybridized carbons (Fsp3) is 0.913. The highest BCUT2D eigenvalue weighted by Crippen LogP contribution is 2.54. The van der Waals surface area contributed by atoms with Crippen LogP contribution in [0, 0.1) is 47.3 Å². The topological polar surface area (TPSA) is 153 Å². The molecule has 57 heavy (non-hydrogen) atoms. The summed E-state index contributed by atoms with van der Waals surface area (Å²) in [5, 5.41) is 36.8. The number of carboxylic acids is 1. The molecule has 1 unspecified atom stereocenters. The van der Waals surface area contributed by atoms with Crippen LogP contribution in [0.5, 0.6) is 0 Å². The van der Waals surface area contributed by atoms with E-state index < -0.39 is 64.8 Å². The molecule has 5 aliphatic heterocycles. The molecular weight excluding hydrogens is 727 g/mol. The number of ether oxygens (including phenoxy) is 5. The Bertz CT molecular complexity index is 1460. The lowest BCUT2D eigenvalue weighted by Gasteiger charge is -2.55. The molecular formula is C46H77NO10. The van der Waals surface area contributed by atoms with Gasteiger partial charge in [-0.3, -0.25) is 9.59 Å². The van der Waals surface area contributed by atoms with E-state index in [1.165, 1.54) is 0 Å². The number of aliphatic hydroxyl groups excluding tert-OH is 1. The van der Waals surface area contributed by atoms with E-state index in [4.69, 9.17) is 23.7 Å². The number of Topliss-reactive ketones (excluding diaryl/α,β-unsaturated/α-hetero) is 1. The molecule has 0 radical (unpaired) electrons. The number of carbonyl (C=O) groups is 2. The number of hydrogen-bond donors (Lipinski definition) is 4. The summed E-state index contributed by atoms with van der Waals surface area (Å²) in [5.74, 6) is -4.96. The highest BCUT2D eigenvalue weighted by Gasteiger charge is 2.63. The first-order valence-electron chi connectivity index (χ1n) is 22.8. The van der Waals surface area contributed by atoms with Gasteiger partial charge in [0.15, 0.2) is 11.6 Å². The van der Waals surface area contributed by atoms with Crippen molar-refractivity contribution >= 4 is 11.8 Å². The predicted molar refractivity (Wildman–Crippen MR) is 217 cm³/mol. The molecule has 4 N–H and O–H groups in total. The van der Waals surface area contributed by atoms with Gasteiger partial charge in [0.2, 0.25) is 0 Å². The highest BCUT2D eigenvalue weighted by molar-refractivity contribution is 5.84. The Morgan fingerprint density at radius 1 is 0.842 bits per heavy atom. The third-order valence-corrected chi connectivity index (χ3v) is 15.8. The van der Waals surface area contributed by atoms with E-state index in [9.17, 15) is 24.9 Å². The maximum Gasteiger partial charge on any atom is 0.309 e. The maximum absolute atomic E-state index is 14.6. The summed E-state index contributed by atoms with van der Waals surface area (Å²) in [7, 11) is 0. The molecule has 0 aromatic carbocycles. The van der Waals surface area contributed by atoms with E-state index in [-0.39, 0.29) is 59.7 Å². The zero-order valence-electron chi connectivity index (χ0n) is 36.9. The van der Waals surface area contributed by atoms with Crippen LogP contribution >= 0.6 is 0 Å². The van der Waals surface area contributed by atoms with Crippen molar-refractivity contribution in [3.63, 3.8) is 0 Å². The van der Waals surface area contributed by atoms with Crippen molar-refractivity contribution in [3.8, 4) is 0 Å². The Hall–Kier alpha value is -1.44. The summed E-state index contributed by atoms with van der Waals surface area (Å²) in [6, 6.07) is 0.224. The predicted octanol–water partition coefficient (Wildman–Crippen LogP) is 7.19. The monoisotopic (exact) mass is 804 g/mol. The van der Waals surface area contributed by atoms with Gasteiger partial charge in [0.25, 0.3) is 0 Å². The Morgan fingerprint density at radius 3 is 2.09 bits per heavy atom. The summed E-state index contributed by atoms with van der Waals surface area (Å²) < 4.78 is 34.9. The van der Waals surface area contributed by atoms with Gasteiger partial charge in [0, 0.05) is 36.1 Å². The Balaban J connectivity index is 1.20. The van der Waals surface area contributed by atoms with Gasteiger partial charge in [-0.05, 0) is 102 Å². The van der Waals surface area contributed by atoms with E-state index >= 15 is 0 Å². The summed E-state index contributed by atoms with van der Waals surface area (Å²) in [6.07, 6.45) is 9.72. The summed E-state index contributed by atoms with van der Waals surface area (Å²) in [5.41, 5.74) is -1.47. The van der Waals surface area contributed by atoms with Gasteiger partial charge in [0.05, 0.1) is 59.8 Å². The second kappa shape index (κ2) is 17.1. The molecule has 11 nitrogen and oxygen atoms in total. The van der Waals surface area contributed by atoms with Crippen LogP contribution in [0.4, 0.5) is 0 Å². The van der Waals surface area contributed by atoms with Gasteiger partial charge in [0.1, 0.15) is 5.78 Å². The number of aliphatic hydroxyl groups is 2. The summed E-state index contributed by atoms with van der Waals surface area (Å²) >= 11 is 0. The number of ketones is 1. The fourth-order valence-corrected chi connectivity index (χ4v) is 11.7. The SMILES string of the molecule is CC[C@H](C(=O)[C@@H](C)[C@@H](O)[C@H](C)[C@@H]1O[C@@H]([C@@H](CC)C(=O)O)[C@@H](C)C[C@@H]1C)[C@H]1O[C@]2(C=CC(NC3CC3)[C@]3(CC[C@@](C)([C@H]4CC[C@](O)(CC)[C@H](C)O4)O3)O2)[C@H](C)C[C@@H]1C. The average molecular weight is 804 g/mol. The lowest BCUT2D eigenvalue weighted by atomic mass is 9.72. The second-order valence-corrected chi connectivity index (χ2v) is 20.0. The zero-order chi connectivity index (χ0) is 41.8. The van der Waals surface area contributed by atoms with Gasteiger partial charge >= 0.3 is 5.97 Å². The molecule has 6 aliphatic rings. The van der Waals surface area contributed by atoms with Gasteiger partial charge < -0.3 is 44.3 Å². The number of aliphatic carboxylic acids is 1. The van der Waals surface area contributed by atoms with Crippen molar-refractivity contribution < 1.29 is 48.6 Å². The fourth-order valence-electron chi connectivity index (χ4n) is 11.7. The number of carboxylic acid groups (broad SMARTS) is 1. The van der Waals surface area contributed by atoms with Crippen LogP contribution in [-0.4, -0.2) is 98.6 Å². The van der Waals surface area contributed by atoms with E-state index in [1.807, 2.05) is 48.5 Å². The zero-order valence-corrected chi connectivity index (χ0v) is 36.9. The van der Waals surface area contributed by atoms with Gasteiger partial charge in [-0.2, -0.15) is 0 Å². The van der Waals surface area contributed by atoms with Crippen LogP contribution in [0.25, 0.3) is 0 Å². The standard InChI is InChI=1S/C46H77NO10/c1-12-33(38(49)29(8)37(48)30(9)39-25(4)23-26(5)40(54-39)34(13-2)42(50)51)41-27(6)24-28(7)45(55-41)20-17-35(47-32-15-16-32)46(57-45)22-21-43(11,56-46)36-18-19-44(52,14-3)31(10)53-36/h17,20,25-37,39-41,47-48,52H,12-16,18-19,21-24H2,1-11H3,(H,50,51)/t25-,26-,27-,28+,29-,30-,31-,33+,34+,35?,36+,37+,39+,40+,41-,43-,44+,45-,46-/m0/s1. The second-order valence-electron chi connectivity index (χ2n) is 20.0. The van der Waals surface area contributed by atoms with Crippen molar-refractivity contribution in [2.45, 2.75) is 218 Å². The van der Waals surface area contributed by atoms with Crippen LogP contribution in [0.15, 0.2) is 12.2 Å². The van der Waals surface area contributed by atoms with Crippen LogP contribution in [-0.2, 0) is 33.3 Å². The molecule has 19 atom stereocenters. The molecule has 326 valence electrons. The molecule has 0 amide bonds. The largest absolute Gasteiger partial charge is 0.481 e. The number of carbonyl (C=O) groups excluding carboxylic acids is 1. The lowest BCUT2D eigenvalue weighted by Crippen LogP contribution is -2.65.